The number of carbonyl (C=O) groups excluding carboxylic acids is 1. The zero-order chi connectivity index (χ0) is 15.5. The van der Waals surface area contributed by atoms with Crippen molar-refractivity contribution >= 4 is 49.4 Å². The summed E-state index contributed by atoms with van der Waals surface area (Å²) in [7, 11) is 0. The van der Waals surface area contributed by atoms with Crippen LogP contribution in [0.5, 0.6) is 0 Å². The molecule has 1 unspecified atom stereocenters. The summed E-state index contributed by atoms with van der Waals surface area (Å²) in [6.45, 7) is 1.92. The third-order valence-electron chi connectivity index (χ3n) is 3.19. The van der Waals surface area contributed by atoms with Crippen LogP contribution in [0.25, 0.3) is 0 Å². The lowest BCUT2D eigenvalue weighted by atomic mass is 9.93. The predicted molar refractivity (Wildman–Crippen MR) is 93.8 cm³/mol. The minimum absolute atomic E-state index is 0.163. The van der Waals surface area contributed by atoms with Crippen LogP contribution in [0.1, 0.15) is 22.8 Å². The molecule has 2 aromatic rings. The first-order valence-corrected chi connectivity index (χ1v) is 8.47. The van der Waals surface area contributed by atoms with Gasteiger partial charge in [0, 0.05) is 20.4 Å². The number of nitrogens with one attached hydrogen (secondary N) is 1. The van der Waals surface area contributed by atoms with Crippen molar-refractivity contribution < 1.29 is 4.79 Å². The highest BCUT2D eigenvalue weighted by molar-refractivity contribution is 9.11. The quantitative estimate of drug-likeness (QED) is 0.671. The fourth-order valence-corrected chi connectivity index (χ4v) is 3.51. The molecule has 2 nitrogen and oxygen atoms in total. The molecule has 0 fully saturated rings. The highest BCUT2D eigenvalue weighted by atomic mass is 79.9. The highest BCUT2D eigenvalue weighted by Crippen LogP contribution is 2.24. The summed E-state index contributed by atoms with van der Waals surface area (Å²) in [5.41, 5.74) is 0.931. The fraction of sp³-hybridized carbons (Fsp3) is 0.188. The van der Waals surface area contributed by atoms with Gasteiger partial charge in [0.2, 0.25) is 0 Å². The number of rotatable bonds is 4. The van der Waals surface area contributed by atoms with E-state index in [1.54, 1.807) is 12.1 Å². The number of amides is 1. The molecule has 110 valence electrons. The third kappa shape index (κ3) is 4.09. The minimum atomic E-state index is -0.616. The standard InChI is InChI=1S/C16H14Br2ClNO/c1-16(10-19,12-5-3-2-4-6-12)20-15(21)11-7-13(17)9-14(18)8-11/h2-9H,10H2,1H3,(H,20,21). The van der Waals surface area contributed by atoms with Crippen LogP contribution in [0.3, 0.4) is 0 Å². The van der Waals surface area contributed by atoms with E-state index in [0.717, 1.165) is 14.5 Å². The maximum atomic E-state index is 12.5. The first kappa shape index (κ1) is 16.5. The van der Waals surface area contributed by atoms with Gasteiger partial charge in [-0.25, -0.2) is 0 Å². The Morgan fingerprint density at radius 2 is 1.71 bits per heavy atom. The Morgan fingerprint density at radius 3 is 2.24 bits per heavy atom. The monoisotopic (exact) mass is 429 g/mol. The van der Waals surface area contributed by atoms with Gasteiger partial charge in [0.1, 0.15) is 0 Å². The van der Waals surface area contributed by atoms with Crippen molar-refractivity contribution in [2.45, 2.75) is 12.5 Å². The van der Waals surface area contributed by atoms with Crippen LogP contribution in [-0.4, -0.2) is 11.8 Å². The molecule has 1 amide bonds. The Kier molecular flexibility index (Phi) is 5.47. The van der Waals surface area contributed by atoms with Crippen molar-refractivity contribution in [1.82, 2.24) is 5.32 Å². The van der Waals surface area contributed by atoms with Gasteiger partial charge in [-0.3, -0.25) is 4.79 Å². The van der Waals surface area contributed by atoms with Crippen LogP contribution >= 0.6 is 43.5 Å². The molecule has 0 spiro atoms. The van der Waals surface area contributed by atoms with E-state index in [1.807, 2.05) is 43.3 Å². The van der Waals surface area contributed by atoms with E-state index in [-0.39, 0.29) is 11.8 Å². The lowest BCUT2D eigenvalue weighted by Crippen LogP contribution is -2.45. The zero-order valence-corrected chi connectivity index (χ0v) is 15.3. The summed E-state index contributed by atoms with van der Waals surface area (Å²) in [4.78, 5) is 12.5. The molecule has 0 aliphatic heterocycles. The molecule has 2 rings (SSSR count). The summed E-state index contributed by atoms with van der Waals surface area (Å²) in [5, 5.41) is 3.02. The number of carbonyl (C=O) groups is 1. The van der Waals surface area contributed by atoms with Crippen LogP contribution in [-0.2, 0) is 5.54 Å². The van der Waals surface area contributed by atoms with Crippen LogP contribution < -0.4 is 5.32 Å². The van der Waals surface area contributed by atoms with Crippen molar-refractivity contribution in [2.75, 3.05) is 5.88 Å². The van der Waals surface area contributed by atoms with E-state index in [2.05, 4.69) is 37.2 Å². The normalized spacial score (nSPS) is 13.5. The molecular formula is C16H14Br2ClNO. The predicted octanol–water partition coefficient (Wildman–Crippen LogP) is 5.10. The van der Waals surface area contributed by atoms with Gasteiger partial charge in [-0.15, -0.1) is 11.6 Å². The van der Waals surface area contributed by atoms with E-state index >= 15 is 0 Å². The lowest BCUT2D eigenvalue weighted by Gasteiger charge is -2.29. The Morgan fingerprint density at radius 1 is 1.14 bits per heavy atom. The van der Waals surface area contributed by atoms with Crippen LogP contribution in [0.2, 0.25) is 0 Å². The molecule has 1 atom stereocenters. The molecule has 0 radical (unpaired) electrons. The van der Waals surface area contributed by atoms with E-state index in [4.69, 9.17) is 11.6 Å². The Bertz CT molecular complexity index is 628. The summed E-state index contributed by atoms with van der Waals surface area (Å²) in [6, 6.07) is 15.2. The second-order valence-corrected chi connectivity index (χ2v) is 7.04. The first-order chi connectivity index (χ1) is 9.94. The molecule has 5 heteroatoms. The second kappa shape index (κ2) is 6.95. The molecule has 0 aromatic heterocycles. The van der Waals surface area contributed by atoms with Gasteiger partial charge in [-0.2, -0.15) is 0 Å². The number of alkyl halides is 1. The average Bonchev–Trinajstić information content (AvgIpc) is 2.47. The van der Waals surface area contributed by atoms with Crippen molar-refractivity contribution in [1.29, 1.82) is 0 Å². The Labute approximate surface area is 146 Å². The number of hydrogen-bond acceptors (Lipinski definition) is 1. The van der Waals surface area contributed by atoms with Gasteiger partial charge in [0.25, 0.3) is 5.91 Å². The van der Waals surface area contributed by atoms with Crippen molar-refractivity contribution in [3.8, 4) is 0 Å². The van der Waals surface area contributed by atoms with Crippen molar-refractivity contribution in [3.05, 3.63) is 68.6 Å². The zero-order valence-electron chi connectivity index (χ0n) is 11.4. The van der Waals surface area contributed by atoms with E-state index in [1.165, 1.54) is 0 Å². The third-order valence-corrected chi connectivity index (χ3v) is 4.64. The van der Waals surface area contributed by atoms with Gasteiger partial charge in [-0.1, -0.05) is 62.2 Å². The van der Waals surface area contributed by atoms with Crippen molar-refractivity contribution in [3.63, 3.8) is 0 Å². The summed E-state index contributed by atoms with van der Waals surface area (Å²) < 4.78 is 1.68. The van der Waals surface area contributed by atoms with Gasteiger partial charge in [-0.05, 0) is 30.7 Å². The maximum absolute atomic E-state index is 12.5. The molecule has 0 aliphatic carbocycles. The van der Waals surface area contributed by atoms with Crippen LogP contribution in [0.15, 0.2) is 57.5 Å². The summed E-state index contributed by atoms with van der Waals surface area (Å²) >= 11 is 12.9. The van der Waals surface area contributed by atoms with Gasteiger partial charge in [0.05, 0.1) is 5.54 Å². The Balaban J connectivity index is 2.28. The summed E-state index contributed by atoms with van der Waals surface area (Å²) in [6.07, 6.45) is 0. The van der Waals surface area contributed by atoms with E-state index < -0.39 is 5.54 Å². The first-order valence-electron chi connectivity index (χ1n) is 6.35. The summed E-state index contributed by atoms with van der Waals surface area (Å²) in [5.74, 6) is 0.127. The fourth-order valence-electron chi connectivity index (χ4n) is 2.00. The minimum Gasteiger partial charge on any atom is -0.342 e. The molecule has 0 saturated heterocycles. The molecule has 1 N–H and O–H groups in total. The molecule has 21 heavy (non-hydrogen) atoms. The molecule has 0 aliphatic rings. The number of benzene rings is 2. The highest BCUT2D eigenvalue weighted by Gasteiger charge is 2.28. The van der Waals surface area contributed by atoms with Crippen molar-refractivity contribution in [2.24, 2.45) is 0 Å². The molecule has 2 aromatic carbocycles. The maximum Gasteiger partial charge on any atom is 0.252 e. The van der Waals surface area contributed by atoms with Gasteiger partial charge < -0.3 is 5.32 Å². The largest absolute Gasteiger partial charge is 0.342 e. The van der Waals surface area contributed by atoms with Gasteiger partial charge >= 0.3 is 0 Å². The number of hydrogen-bond donors (Lipinski definition) is 1. The average molecular weight is 432 g/mol. The van der Waals surface area contributed by atoms with Crippen LogP contribution in [0, 0.1) is 0 Å². The smallest absolute Gasteiger partial charge is 0.252 e. The Hall–Kier alpha value is -0.840. The van der Waals surface area contributed by atoms with E-state index in [0.29, 0.717) is 5.56 Å². The molecule has 0 saturated carbocycles. The molecule has 0 heterocycles. The van der Waals surface area contributed by atoms with Gasteiger partial charge in [0.15, 0.2) is 0 Å². The topological polar surface area (TPSA) is 29.1 Å². The second-order valence-electron chi connectivity index (χ2n) is 4.94. The van der Waals surface area contributed by atoms with E-state index in [9.17, 15) is 4.79 Å². The lowest BCUT2D eigenvalue weighted by molar-refractivity contribution is 0.0913. The molecular weight excluding hydrogens is 417 g/mol. The SMILES string of the molecule is CC(CCl)(NC(=O)c1cc(Br)cc(Br)c1)c1ccccc1. The van der Waals surface area contributed by atoms with Crippen LogP contribution in [0.4, 0.5) is 0 Å². The molecule has 0 bridgehead atoms. The number of halogens is 3.